The number of methoxy groups -OCH3 is 2. The second-order valence-electron chi connectivity index (χ2n) is 14.8. The van der Waals surface area contributed by atoms with Crippen molar-refractivity contribution in [2.75, 3.05) is 66.7 Å². The Bertz CT molecular complexity index is 2230. The molecule has 16 nitrogen and oxygen atoms in total. The number of nitrogens with one attached hydrogen (secondary N) is 1. The van der Waals surface area contributed by atoms with E-state index in [9.17, 15) is 45.5 Å². The average Bonchev–Trinajstić information content (AvgIpc) is 4.08. The predicted molar refractivity (Wildman–Crippen MR) is 227 cm³/mol. The minimum Gasteiger partial charge on any atom is -0.493 e. The van der Waals surface area contributed by atoms with Gasteiger partial charge in [-0.1, -0.05) is 52.9 Å². The first-order chi connectivity index (χ1) is 30.8. The van der Waals surface area contributed by atoms with Gasteiger partial charge in [-0.25, -0.2) is 14.4 Å². The molecule has 2 aliphatic heterocycles. The number of amides is 4. The van der Waals surface area contributed by atoms with Crippen molar-refractivity contribution < 1.29 is 73.5 Å². The van der Waals surface area contributed by atoms with Crippen LogP contribution in [0.4, 0.5) is 35.9 Å². The van der Waals surface area contributed by atoms with Crippen molar-refractivity contribution in [3.8, 4) is 11.5 Å². The van der Waals surface area contributed by atoms with Crippen molar-refractivity contribution in [3.05, 3.63) is 46.8 Å². The molecule has 23 heteroatoms. The summed E-state index contributed by atoms with van der Waals surface area (Å²) in [4.78, 5) is 50.5. The number of aromatic nitrogens is 2. The number of ether oxygens (including phenoxy) is 4. The maximum Gasteiger partial charge on any atom is 0.437 e. The van der Waals surface area contributed by atoms with E-state index in [4.69, 9.17) is 23.3 Å². The summed E-state index contributed by atoms with van der Waals surface area (Å²) in [6.45, 7) is 11.0. The summed E-state index contributed by atoms with van der Waals surface area (Å²) in [6, 6.07) is 4.69. The molecule has 2 fully saturated rings. The highest BCUT2D eigenvalue weighted by Gasteiger charge is 2.39. The van der Waals surface area contributed by atoms with Crippen LogP contribution < -0.4 is 14.8 Å². The molecule has 1 N–H and O–H groups in total. The van der Waals surface area contributed by atoms with E-state index < -0.39 is 35.8 Å². The molecule has 4 aromatic rings. The summed E-state index contributed by atoms with van der Waals surface area (Å²) in [5.41, 5.74) is -0.726. The van der Waals surface area contributed by atoms with E-state index in [0.717, 1.165) is 6.42 Å². The van der Waals surface area contributed by atoms with Gasteiger partial charge in [0.15, 0.2) is 22.6 Å². The van der Waals surface area contributed by atoms with Crippen LogP contribution in [0.15, 0.2) is 33.3 Å². The lowest BCUT2D eigenvalue weighted by Crippen LogP contribution is -2.42. The van der Waals surface area contributed by atoms with Crippen molar-refractivity contribution in [2.45, 2.75) is 89.4 Å². The highest BCUT2D eigenvalue weighted by atomic mass is 79.9. The average molecular weight is 996 g/mol. The molecule has 2 unspecified atom stereocenters. The van der Waals surface area contributed by atoms with E-state index in [1.54, 1.807) is 23.6 Å². The SMILES string of the molecule is CCCc1c(OCCCN2CCN(C(C)C(=O)OC)C2=O)ccc2c(C(F)(F)F)noc12.CCCc1c(OCCCN2CCNC2=O)ccc2c(C(F)(F)F)noc12.COC(=O)C(C)Br. The molecule has 2 atom stereocenters. The molecule has 6 rings (SSSR count). The quantitative estimate of drug-likeness (QED) is 0.0463. The van der Waals surface area contributed by atoms with Crippen LogP contribution in [0.1, 0.15) is 75.9 Å². The number of hydrogen-bond acceptors (Lipinski definition) is 12. The highest BCUT2D eigenvalue weighted by molar-refractivity contribution is 9.10. The first-order valence-corrected chi connectivity index (χ1v) is 21.8. The lowest BCUT2D eigenvalue weighted by atomic mass is 10.0. The smallest absolute Gasteiger partial charge is 0.437 e. The van der Waals surface area contributed by atoms with Gasteiger partial charge in [0.2, 0.25) is 0 Å². The Hall–Kier alpha value is -5.48. The number of fused-ring (bicyclic) bond motifs is 2. The summed E-state index contributed by atoms with van der Waals surface area (Å²) in [5.74, 6) is 0.233. The van der Waals surface area contributed by atoms with E-state index in [2.05, 4.69) is 36.3 Å². The molecule has 4 amide bonds. The molecular formula is C42H53BrF6N6O10. The van der Waals surface area contributed by atoms with Crippen LogP contribution in [0.3, 0.4) is 0 Å². The zero-order chi connectivity index (χ0) is 48.1. The third-order valence-electron chi connectivity index (χ3n) is 10.2. The van der Waals surface area contributed by atoms with Gasteiger partial charge in [-0.05, 0) is 63.8 Å². The van der Waals surface area contributed by atoms with Crippen LogP contribution in [0.25, 0.3) is 21.9 Å². The standard InChI is InChI=1S/C21H26F3N3O5.C17H20F3N3O3.C4H7BrO2/c1-4-6-14-16(8-7-15-17(14)32-25-18(15)21(22,23)24)31-12-5-9-26-10-11-27(20(26)29)13(2)19(28)30-3;1-2-4-11-13(25-10-3-8-23-9-7-21-16(23)24)6-5-12-14(11)26-22-15(12)17(18,19)20;1-3(5)4(6)7-2/h7-8,13H,4-6,9-12H2,1-3H3;5-6H,2-4,7-10H2,1H3,(H,21,24);3H,1-2H3. The molecule has 0 radical (unpaired) electrons. The number of carbonyl (C=O) groups is 4. The van der Waals surface area contributed by atoms with Crippen LogP contribution in [-0.4, -0.2) is 127 Å². The molecule has 4 heterocycles. The molecule has 0 saturated carbocycles. The normalized spacial score (nSPS) is 15.0. The minimum absolute atomic E-state index is 0.0537. The van der Waals surface area contributed by atoms with Crippen LogP contribution in [-0.2, 0) is 44.3 Å². The number of carbonyl (C=O) groups excluding carboxylic acids is 4. The molecule has 0 spiro atoms. The second-order valence-corrected chi connectivity index (χ2v) is 16.2. The van der Waals surface area contributed by atoms with Crippen LogP contribution in [0, 0.1) is 0 Å². The third kappa shape index (κ3) is 13.5. The Morgan fingerprint density at radius 1 is 0.754 bits per heavy atom. The second kappa shape index (κ2) is 23.6. The molecular weight excluding hydrogens is 942 g/mol. The summed E-state index contributed by atoms with van der Waals surface area (Å²) in [6.07, 6.45) is -5.61. The number of aryl methyl sites for hydroxylation is 2. The summed E-state index contributed by atoms with van der Waals surface area (Å²) in [7, 11) is 2.64. The predicted octanol–water partition coefficient (Wildman–Crippen LogP) is 8.40. The number of urea groups is 2. The number of rotatable bonds is 17. The molecule has 2 aromatic heterocycles. The Kier molecular flexibility index (Phi) is 19.0. The van der Waals surface area contributed by atoms with Crippen molar-refractivity contribution in [1.29, 1.82) is 0 Å². The topological polar surface area (TPSA) is 179 Å². The molecule has 2 aromatic carbocycles. The van der Waals surface area contributed by atoms with Gasteiger partial charge < -0.3 is 48.0 Å². The molecule has 360 valence electrons. The number of hydrogen-bond donors (Lipinski definition) is 1. The number of nitrogens with zero attached hydrogens (tertiary/aromatic N) is 5. The number of alkyl halides is 7. The Morgan fingerprint density at radius 3 is 1.62 bits per heavy atom. The molecule has 2 saturated heterocycles. The first-order valence-electron chi connectivity index (χ1n) is 20.9. The van der Waals surface area contributed by atoms with E-state index in [-0.39, 0.29) is 51.4 Å². The fourth-order valence-corrected chi connectivity index (χ4v) is 7.15. The Labute approximate surface area is 379 Å². The van der Waals surface area contributed by atoms with Gasteiger partial charge in [-0.2, -0.15) is 26.3 Å². The van der Waals surface area contributed by atoms with Gasteiger partial charge in [-0.15, -0.1) is 0 Å². The molecule has 0 bridgehead atoms. The van der Waals surface area contributed by atoms with E-state index in [0.29, 0.717) is 101 Å². The van der Waals surface area contributed by atoms with Crippen molar-refractivity contribution >= 4 is 61.9 Å². The monoisotopic (exact) mass is 994 g/mol. The van der Waals surface area contributed by atoms with Gasteiger partial charge in [0, 0.05) is 50.4 Å². The number of esters is 2. The maximum absolute atomic E-state index is 13.1. The Balaban J connectivity index is 0.000000252. The molecule has 0 aliphatic carbocycles. The van der Waals surface area contributed by atoms with Crippen molar-refractivity contribution in [1.82, 2.24) is 30.3 Å². The van der Waals surface area contributed by atoms with E-state index >= 15 is 0 Å². The van der Waals surface area contributed by atoms with Gasteiger partial charge in [-0.3, -0.25) is 4.79 Å². The third-order valence-corrected chi connectivity index (χ3v) is 10.6. The summed E-state index contributed by atoms with van der Waals surface area (Å²) >= 11 is 3.03. The molecule has 65 heavy (non-hydrogen) atoms. The fraction of sp³-hybridized carbons (Fsp3) is 0.571. The van der Waals surface area contributed by atoms with Crippen molar-refractivity contribution in [2.24, 2.45) is 0 Å². The van der Waals surface area contributed by atoms with Crippen LogP contribution in [0.5, 0.6) is 11.5 Å². The minimum atomic E-state index is -4.60. The van der Waals surface area contributed by atoms with E-state index in [1.165, 1.54) is 43.4 Å². The largest absolute Gasteiger partial charge is 0.493 e. The lowest BCUT2D eigenvalue weighted by Gasteiger charge is -2.22. The zero-order valence-corrected chi connectivity index (χ0v) is 38.4. The van der Waals surface area contributed by atoms with Gasteiger partial charge in [0.05, 0.1) is 38.2 Å². The van der Waals surface area contributed by atoms with Gasteiger partial charge in [0.25, 0.3) is 0 Å². The van der Waals surface area contributed by atoms with Gasteiger partial charge in [0.1, 0.15) is 22.4 Å². The zero-order valence-electron chi connectivity index (χ0n) is 36.8. The van der Waals surface area contributed by atoms with Gasteiger partial charge >= 0.3 is 36.4 Å². The molecule has 2 aliphatic rings. The van der Waals surface area contributed by atoms with Crippen molar-refractivity contribution in [3.63, 3.8) is 0 Å². The summed E-state index contributed by atoms with van der Waals surface area (Å²) < 4.78 is 109. The highest BCUT2D eigenvalue weighted by Crippen LogP contribution is 2.39. The number of benzene rings is 2. The Morgan fingerprint density at radius 2 is 1.23 bits per heavy atom. The number of halogens is 7. The first kappa shape index (κ1) is 52.1. The lowest BCUT2D eigenvalue weighted by molar-refractivity contribution is -0.145. The van der Waals surface area contributed by atoms with Crippen LogP contribution >= 0.6 is 15.9 Å². The fourth-order valence-electron chi connectivity index (χ4n) is 6.96. The maximum atomic E-state index is 13.1. The summed E-state index contributed by atoms with van der Waals surface area (Å²) in [5, 5.41) is 8.99. The van der Waals surface area contributed by atoms with Crippen LogP contribution in [0.2, 0.25) is 0 Å². The van der Waals surface area contributed by atoms with E-state index in [1.807, 2.05) is 13.8 Å².